The van der Waals surface area contributed by atoms with Crippen LogP contribution in [0.3, 0.4) is 0 Å². The van der Waals surface area contributed by atoms with E-state index in [-0.39, 0.29) is 18.2 Å². The highest BCUT2D eigenvalue weighted by Crippen LogP contribution is 2.26. The van der Waals surface area contributed by atoms with Crippen LogP contribution >= 0.6 is 0 Å². The van der Waals surface area contributed by atoms with Crippen LogP contribution in [0, 0.1) is 0 Å². The zero-order chi connectivity index (χ0) is 19.7. The highest BCUT2D eigenvalue weighted by atomic mass is 19.4. The fourth-order valence-electron chi connectivity index (χ4n) is 2.38. The Kier molecular flexibility index (Phi) is 7.34. The first-order valence-corrected chi connectivity index (χ1v) is 8.30. The molecule has 0 aliphatic carbocycles. The Morgan fingerprint density at radius 2 is 1.70 bits per heavy atom. The van der Waals surface area contributed by atoms with Crippen molar-refractivity contribution < 1.29 is 27.4 Å². The van der Waals surface area contributed by atoms with E-state index in [0.717, 1.165) is 11.3 Å². The third kappa shape index (κ3) is 7.08. The first-order chi connectivity index (χ1) is 12.9. The van der Waals surface area contributed by atoms with Gasteiger partial charge in [-0.1, -0.05) is 30.3 Å². The van der Waals surface area contributed by atoms with Crippen LogP contribution in [0.25, 0.3) is 0 Å². The second kappa shape index (κ2) is 9.70. The lowest BCUT2D eigenvalue weighted by atomic mass is 10.1. The topological polar surface area (TPSA) is 59.6 Å². The zero-order valence-electron chi connectivity index (χ0n) is 14.8. The maximum Gasteiger partial charge on any atom is 0.422 e. The standard InChI is InChI=1S/C19H21F3N2O3/c1-26-16-8-4-2-6-14(16)10-11-23-18(25)12-24-15-7-3-5-9-17(15)27-13-19(20,21)22/h2-9,24H,10-13H2,1H3,(H,23,25). The van der Waals surface area contributed by atoms with Crippen molar-refractivity contribution in [2.45, 2.75) is 12.6 Å². The fraction of sp³-hybridized carbons (Fsp3) is 0.316. The molecule has 0 saturated carbocycles. The van der Waals surface area contributed by atoms with Gasteiger partial charge in [-0.15, -0.1) is 0 Å². The summed E-state index contributed by atoms with van der Waals surface area (Å²) in [7, 11) is 1.58. The maximum atomic E-state index is 12.3. The van der Waals surface area contributed by atoms with Gasteiger partial charge < -0.3 is 20.1 Å². The molecule has 0 atom stereocenters. The highest BCUT2D eigenvalue weighted by Gasteiger charge is 2.28. The van der Waals surface area contributed by atoms with Crippen molar-refractivity contribution in [3.05, 3.63) is 54.1 Å². The quantitative estimate of drug-likeness (QED) is 0.698. The van der Waals surface area contributed by atoms with Crippen LogP contribution in [0.2, 0.25) is 0 Å². The molecule has 2 aromatic rings. The number of carbonyl (C=O) groups is 1. The van der Waals surface area contributed by atoms with Crippen LogP contribution in [0.15, 0.2) is 48.5 Å². The Bertz CT molecular complexity index is 751. The van der Waals surface area contributed by atoms with Crippen molar-refractivity contribution in [1.82, 2.24) is 5.32 Å². The summed E-state index contributed by atoms with van der Waals surface area (Å²) in [5.41, 5.74) is 1.29. The number of methoxy groups -OCH3 is 1. The molecule has 0 fully saturated rings. The molecule has 0 aliphatic heterocycles. The van der Waals surface area contributed by atoms with Crippen molar-refractivity contribution >= 4 is 11.6 Å². The van der Waals surface area contributed by atoms with Crippen LogP contribution in [-0.2, 0) is 11.2 Å². The third-order valence-electron chi connectivity index (χ3n) is 3.63. The van der Waals surface area contributed by atoms with Gasteiger partial charge in [0.25, 0.3) is 0 Å². The Morgan fingerprint density at radius 1 is 1.04 bits per heavy atom. The molecule has 0 spiro atoms. The van der Waals surface area contributed by atoms with Crippen molar-refractivity contribution in [3.8, 4) is 11.5 Å². The predicted molar refractivity (Wildman–Crippen MR) is 96.2 cm³/mol. The first-order valence-electron chi connectivity index (χ1n) is 8.30. The van der Waals surface area contributed by atoms with E-state index in [0.29, 0.717) is 18.7 Å². The number of hydrogen-bond acceptors (Lipinski definition) is 4. The summed E-state index contributed by atoms with van der Waals surface area (Å²) in [6.07, 6.45) is -3.83. The van der Waals surface area contributed by atoms with E-state index >= 15 is 0 Å². The van der Waals surface area contributed by atoms with Gasteiger partial charge in [0, 0.05) is 6.54 Å². The Balaban J connectivity index is 1.80. The number of amides is 1. The Morgan fingerprint density at radius 3 is 2.41 bits per heavy atom. The van der Waals surface area contributed by atoms with Gasteiger partial charge in [0.2, 0.25) is 5.91 Å². The summed E-state index contributed by atoms with van der Waals surface area (Å²) in [5.74, 6) is 0.507. The second-order valence-corrected chi connectivity index (χ2v) is 5.67. The molecule has 27 heavy (non-hydrogen) atoms. The molecule has 5 nitrogen and oxygen atoms in total. The highest BCUT2D eigenvalue weighted by molar-refractivity contribution is 5.81. The summed E-state index contributed by atoms with van der Waals surface area (Å²) < 4.78 is 46.9. The van der Waals surface area contributed by atoms with E-state index in [1.807, 2.05) is 24.3 Å². The fourth-order valence-corrected chi connectivity index (χ4v) is 2.38. The van der Waals surface area contributed by atoms with Gasteiger partial charge in [-0.3, -0.25) is 4.79 Å². The average Bonchev–Trinajstić information content (AvgIpc) is 2.65. The monoisotopic (exact) mass is 382 g/mol. The summed E-state index contributed by atoms with van der Waals surface area (Å²) in [5, 5.41) is 5.54. The van der Waals surface area contributed by atoms with Gasteiger partial charge in [0.15, 0.2) is 6.61 Å². The van der Waals surface area contributed by atoms with Gasteiger partial charge in [0.1, 0.15) is 11.5 Å². The number of ether oxygens (including phenoxy) is 2. The Labute approximate surface area is 155 Å². The van der Waals surface area contributed by atoms with Gasteiger partial charge in [-0.2, -0.15) is 13.2 Å². The molecule has 0 unspecified atom stereocenters. The molecule has 0 radical (unpaired) electrons. The second-order valence-electron chi connectivity index (χ2n) is 5.67. The average molecular weight is 382 g/mol. The largest absolute Gasteiger partial charge is 0.496 e. The maximum absolute atomic E-state index is 12.3. The number of nitrogens with one attached hydrogen (secondary N) is 2. The number of anilines is 1. The van der Waals surface area contributed by atoms with E-state index < -0.39 is 12.8 Å². The SMILES string of the molecule is COc1ccccc1CCNC(=O)CNc1ccccc1OCC(F)(F)F. The summed E-state index contributed by atoms with van der Waals surface area (Å²) in [6, 6.07) is 13.7. The van der Waals surface area contributed by atoms with E-state index in [1.165, 1.54) is 6.07 Å². The van der Waals surface area contributed by atoms with Gasteiger partial charge in [-0.05, 0) is 30.2 Å². The first kappa shape index (κ1) is 20.4. The number of benzene rings is 2. The van der Waals surface area contributed by atoms with Crippen LogP contribution in [0.5, 0.6) is 11.5 Å². The summed E-state index contributed by atoms with van der Waals surface area (Å²) in [6.45, 7) is -1.07. The van der Waals surface area contributed by atoms with Crippen molar-refractivity contribution in [1.29, 1.82) is 0 Å². The number of carbonyl (C=O) groups excluding carboxylic acids is 1. The molecule has 2 rings (SSSR count). The predicted octanol–water partition coefficient (Wildman–Crippen LogP) is 3.41. The molecular formula is C19H21F3N2O3. The number of rotatable bonds is 9. The molecular weight excluding hydrogens is 361 g/mol. The van der Waals surface area contributed by atoms with Gasteiger partial charge >= 0.3 is 6.18 Å². The number of hydrogen-bond donors (Lipinski definition) is 2. The van der Waals surface area contributed by atoms with Crippen LogP contribution < -0.4 is 20.1 Å². The number of alkyl halides is 3. The molecule has 1 amide bonds. The molecule has 0 heterocycles. The third-order valence-corrected chi connectivity index (χ3v) is 3.63. The minimum atomic E-state index is -4.43. The lowest BCUT2D eigenvalue weighted by Crippen LogP contribution is -2.31. The number of para-hydroxylation sites is 3. The molecule has 0 saturated heterocycles. The minimum Gasteiger partial charge on any atom is -0.496 e. The molecule has 2 aromatic carbocycles. The number of halogens is 3. The Hall–Kier alpha value is -2.90. The summed E-state index contributed by atoms with van der Waals surface area (Å²) >= 11 is 0. The van der Waals surface area contributed by atoms with E-state index in [2.05, 4.69) is 10.6 Å². The molecule has 8 heteroatoms. The molecule has 146 valence electrons. The lowest BCUT2D eigenvalue weighted by molar-refractivity contribution is -0.153. The minimum absolute atomic E-state index is 0.0386. The van der Waals surface area contributed by atoms with Crippen LogP contribution in [-0.4, -0.2) is 38.9 Å². The van der Waals surface area contributed by atoms with Crippen molar-refractivity contribution in [3.63, 3.8) is 0 Å². The zero-order valence-corrected chi connectivity index (χ0v) is 14.8. The normalized spacial score (nSPS) is 11.0. The lowest BCUT2D eigenvalue weighted by Gasteiger charge is -2.14. The molecule has 0 aliphatic rings. The van der Waals surface area contributed by atoms with Crippen LogP contribution in [0.4, 0.5) is 18.9 Å². The van der Waals surface area contributed by atoms with Crippen LogP contribution in [0.1, 0.15) is 5.56 Å². The summed E-state index contributed by atoms with van der Waals surface area (Å²) in [4.78, 5) is 12.0. The van der Waals surface area contributed by atoms with E-state index in [1.54, 1.807) is 25.3 Å². The molecule has 2 N–H and O–H groups in total. The van der Waals surface area contributed by atoms with E-state index in [9.17, 15) is 18.0 Å². The van der Waals surface area contributed by atoms with Crippen molar-refractivity contribution in [2.24, 2.45) is 0 Å². The van der Waals surface area contributed by atoms with Gasteiger partial charge in [0.05, 0.1) is 19.3 Å². The van der Waals surface area contributed by atoms with Gasteiger partial charge in [-0.25, -0.2) is 0 Å². The smallest absolute Gasteiger partial charge is 0.422 e. The molecule has 0 bridgehead atoms. The molecule has 0 aromatic heterocycles. The van der Waals surface area contributed by atoms with E-state index in [4.69, 9.17) is 9.47 Å². The van der Waals surface area contributed by atoms with Crippen molar-refractivity contribution in [2.75, 3.05) is 32.1 Å².